The highest BCUT2D eigenvalue weighted by molar-refractivity contribution is 5.18. The average molecular weight is 217 g/mol. The lowest BCUT2D eigenvalue weighted by Gasteiger charge is -2.33. The van der Waals surface area contributed by atoms with Crippen molar-refractivity contribution in [2.24, 2.45) is 11.3 Å². The first kappa shape index (κ1) is 5.48. The summed E-state index contributed by atoms with van der Waals surface area (Å²) >= 11 is 0. The summed E-state index contributed by atoms with van der Waals surface area (Å²) in [5.41, 5.74) is -2.49. The number of rotatable bonds is 2. The first-order valence-corrected chi connectivity index (χ1v) is 5.80. The van der Waals surface area contributed by atoms with Gasteiger partial charge in [-0.3, -0.25) is 4.90 Å². The lowest BCUT2D eigenvalue weighted by Crippen LogP contribution is -2.39. The van der Waals surface area contributed by atoms with Crippen LogP contribution in [0.3, 0.4) is 0 Å². The lowest BCUT2D eigenvalue weighted by atomic mass is 9.82. The molecular weight excluding hydrogens is 189 g/mol. The summed E-state index contributed by atoms with van der Waals surface area (Å²) in [5, 5.41) is 0. The zero-order chi connectivity index (χ0) is 16.1. The van der Waals surface area contributed by atoms with Gasteiger partial charge in [-0.2, -0.15) is 0 Å². The van der Waals surface area contributed by atoms with Gasteiger partial charge >= 0.3 is 0 Å². The second-order valence-electron chi connectivity index (χ2n) is 5.44. The molecule has 3 atom stereocenters. The fourth-order valence-corrected chi connectivity index (χ4v) is 3.02. The highest BCUT2D eigenvalue weighted by atomic mass is 19.1. The van der Waals surface area contributed by atoms with Gasteiger partial charge in [-0.25, -0.2) is 4.39 Å². The first-order valence-electron chi connectivity index (χ1n) is 8.80. The molecule has 0 aromatic carbocycles. The molecule has 3 fully saturated rings. The van der Waals surface area contributed by atoms with Gasteiger partial charge in [0.25, 0.3) is 0 Å². The summed E-state index contributed by atoms with van der Waals surface area (Å²) in [4.78, 5) is 1.06. The summed E-state index contributed by atoms with van der Waals surface area (Å²) in [5.74, 6) is -0.392. The van der Waals surface area contributed by atoms with Crippen molar-refractivity contribution in [2.75, 3.05) is 13.0 Å². The Morgan fingerprint density at radius 1 is 1.67 bits per heavy atom. The molecule has 0 amide bonds. The maximum absolute atomic E-state index is 14.0. The molecule has 86 valence electrons. The van der Waals surface area contributed by atoms with Gasteiger partial charge in [0, 0.05) is 25.7 Å². The van der Waals surface area contributed by atoms with Crippen LogP contribution in [0.1, 0.15) is 54.1 Å². The summed E-state index contributed by atoms with van der Waals surface area (Å²) in [6, 6.07) is 0. The van der Waals surface area contributed by atoms with Crippen LogP contribution in [-0.2, 0) is 0 Å². The number of hydrogen-bond acceptors (Lipinski definition) is 1. The van der Waals surface area contributed by atoms with Gasteiger partial charge in [-0.15, -0.1) is 0 Å². The molecule has 15 heavy (non-hydrogen) atoms. The van der Waals surface area contributed by atoms with Crippen molar-refractivity contribution in [3.05, 3.63) is 0 Å². The molecule has 0 bridgehead atoms. The van der Waals surface area contributed by atoms with Crippen molar-refractivity contribution in [1.82, 2.24) is 4.90 Å². The highest BCUT2D eigenvalue weighted by Gasteiger charge is 2.66. The Hall–Kier alpha value is -0.110. The van der Waals surface area contributed by atoms with Gasteiger partial charge < -0.3 is 0 Å². The standard InChI is InChI=1S/C13H22FN/c1-10(2)6-13-4-3-5-15(13)9-12(8-13)7-11(12)14/h10-11H,3-9H2,1-2H3/t11-,12+,13+/m0/s1/i5D2,6D2,9D2. The minimum absolute atomic E-state index is 0.0683. The van der Waals surface area contributed by atoms with E-state index in [1.54, 1.807) is 13.8 Å². The molecule has 3 aliphatic rings. The topological polar surface area (TPSA) is 3.24 Å². The summed E-state index contributed by atoms with van der Waals surface area (Å²) in [6.07, 6.45) is -2.60. The third-order valence-corrected chi connectivity index (χ3v) is 3.72. The highest BCUT2D eigenvalue weighted by Crippen LogP contribution is 2.63. The molecule has 1 spiro atoms. The van der Waals surface area contributed by atoms with Crippen LogP contribution in [-0.4, -0.2) is 29.6 Å². The Balaban J connectivity index is 2.16. The smallest absolute Gasteiger partial charge is 0.108 e. The minimum Gasteiger partial charge on any atom is -0.297 e. The van der Waals surface area contributed by atoms with Gasteiger partial charge in [0.1, 0.15) is 6.17 Å². The molecule has 0 unspecified atom stereocenters. The van der Waals surface area contributed by atoms with Crippen LogP contribution >= 0.6 is 0 Å². The van der Waals surface area contributed by atoms with Crippen molar-refractivity contribution >= 4 is 0 Å². The van der Waals surface area contributed by atoms with Gasteiger partial charge in [-0.1, -0.05) is 13.8 Å². The second-order valence-corrected chi connectivity index (χ2v) is 5.44. The van der Waals surface area contributed by atoms with Crippen molar-refractivity contribution < 1.29 is 12.6 Å². The van der Waals surface area contributed by atoms with E-state index in [-0.39, 0.29) is 25.7 Å². The van der Waals surface area contributed by atoms with E-state index in [4.69, 9.17) is 8.22 Å². The van der Waals surface area contributed by atoms with E-state index < -0.39 is 42.4 Å². The van der Waals surface area contributed by atoms with Crippen LogP contribution in [0.25, 0.3) is 0 Å². The number of fused-ring (bicyclic) bond motifs is 1. The number of nitrogens with zero attached hydrogens (tertiary/aromatic N) is 1. The van der Waals surface area contributed by atoms with E-state index in [1.807, 2.05) is 0 Å². The fourth-order valence-electron chi connectivity index (χ4n) is 3.02. The summed E-state index contributed by atoms with van der Waals surface area (Å²) in [7, 11) is 0. The van der Waals surface area contributed by atoms with Gasteiger partial charge in [0.15, 0.2) is 0 Å². The molecule has 0 aromatic heterocycles. The van der Waals surface area contributed by atoms with Crippen LogP contribution < -0.4 is 0 Å². The maximum atomic E-state index is 14.0. The quantitative estimate of drug-likeness (QED) is 0.687. The Kier molecular flexibility index (Phi) is 1.08. The lowest BCUT2D eigenvalue weighted by molar-refractivity contribution is 0.163. The monoisotopic (exact) mass is 217 g/mol. The van der Waals surface area contributed by atoms with E-state index in [1.165, 1.54) is 0 Å². The second kappa shape index (κ2) is 2.97. The van der Waals surface area contributed by atoms with Gasteiger partial charge in [0.2, 0.25) is 0 Å². The van der Waals surface area contributed by atoms with Crippen LogP contribution in [0, 0.1) is 11.3 Å². The molecular formula is C13H22FN. The van der Waals surface area contributed by atoms with Crippen LogP contribution in [0.15, 0.2) is 0 Å². The van der Waals surface area contributed by atoms with Crippen molar-refractivity contribution in [1.29, 1.82) is 0 Å². The number of alkyl halides is 1. The molecule has 0 N–H and O–H groups in total. The van der Waals surface area contributed by atoms with E-state index in [2.05, 4.69) is 0 Å². The Morgan fingerprint density at radius 2 is 2.40 bits per heavy atom. The molecule has 0 radical (unpaired) electrons. The summed E-state index contributed by atoms with van der Waals surface area (Å²) < 4.78 is 64.0. The minimum atomic E-state index is -2.14. The normalized spacial score (nSPS) is 62.8. The molecule has 2 saturated heterocycles. The Morgan fingerprint density at radius 3 is 3.00 bits per heavy atom. The van der Waals surface area contributed by atoms with Crippen molar-refractivity contribution in [2.45, 2.75) is 57.6 Å². The van der Waals surface area contributed by atoms with Gasteiger partial charge in [-0.05, 0) is 44.5 Å². The molecule has 1 saturated carbocycles. The van der Waals surface area contributed by atoms with E-state index in [9.17, 15) is 4.39 Å². The van der Waals surface area contributed by atoms with E-state index >= 15 is 0 Å². The average Bonchev–Trinajstić information content (AvgIpc) is 2.78. The number of hydrogen-bond donors (Lipinski definition) is 0. The third kappa shape index (κ3) is 1.37. The molecule has 3 rings (SSSR count). The summed E-state index contributed by atoms with van der Waals surface area (Å²) in [6.45, 7) is -0.630. The largest absolute Gasteiger partial charge is 0.297 e. The zero-order valence-corrected chi connectivity index (χ0v) is 9.31. The molecule has 0 aromatic rings. The molecule has 2 heteroatoms. The zero-order valence-electron chi connectivity index (χ0n) is 15.3. The Bertz CT molecular complexity index is 481. The van der Waals surface area contributed by atoms with Crippen molar-refractivity contribution in [3.8, 4) is 0 Å². The van der Waals surface area contributed by atoms with E-state index in [0.717, 1.165) is 4.90 Å². The van der Waals surface area contributed by atoms with Crippen molar-refractivity contribution in [3.63, 3.8) is 0 Å². The predicted octanol–water partition coefficient (Wildman–Crippen LogP) is 3.00. The first-order chi connectivity index (χ1) is 9.35. The SMILES string of the molecule is [2H]C1([2H])CC[C@@]2(C([2H])([2H])C(C)C)C[C@]3(C[C@@H]3F)C([2H])([2H])N12. The maximum Gasteiger partial charge on any atom is 0.108 e. The van der Waals surface area contributed by atoms with Crippen LogP contribution in [0.5, 0.6) is 0 Å². The Labute approximate surface area is 100 Å². The van der Waals surface area contributed by atoms with E-state index in [0.29, 0.717) is 0 Å². The van der Waals surface area contributed by atoms with Gasteiger partial charge in [0.05, 0.1) is 0 Å². The van der Waals surface area contributed by atoms with Crippen LogP contribution in [0.2, 0.25) is 0 Å². The number of halogens is 1. The molecule has 1 nitrogen and oxygen atoms in total. The van der Waals surface area contributed by atoms with Crippen LogP contribution in [0.4, 0.5) is 4.39 Å². The third-order valence-electron chi connectivity index (χ3n) is 3.72. The predicted molar refractivity (Wildman–Crippen MR) is 59.6 cm³/mol. The molecule has 2 aliphatic heterocycles. The fraction of sp³-hybridized carbons (Fsp3) is 1.00. The molecule has 2 heterocycles. The molecule has 1 aliphatic carbocycles.